The van der Waals surface area contributed by atoms with Crippen molar-refractivity contribution in [2.45, 2.75) is 25.7 Å². The fourth-order valence-electron chi connectivity index (χ4n) is 8.27. The number of carbonyl (C=O) groups is 2. The van der Waals surface area contributed by atoms with Crippen LogP contribution in [0.1, 0.15) is 76.4 Å². The van der Waals surface area contributed by atoms with Gasteiger partial charge in [0.2, 0.25) is 0 Å². The van der Waals surface area contributed by atoms with Crippen molar-refractivity contribution < 1.29 is 41.4 Å². The number of carbonyl (C=O) groups excluding carboxylic acids is 2. The van der Waals surface area contributed by atoms with Gasteiger partial charge in [-0.1, -0.05) is 60.7 Å². The van der Waals surface area contributed by atoms with E-state index in [2.05, 4.69) is 0 Å². The van der Waals surface area contributed by atoms with Crippen LogP contribution >= 0.6 is 0 Å². The van der Waals surface area contributed by atoms with Crippen molar-refractivity contribution in [3.05, 3.63) is 290 Å². The Labute approximate surface area is 403 Å². The van der Waals surface area contributed by atoms with Crippen LogP contribution < -0.4 is 14.2 Å². The Morgan fingerprint density at radius 3 is 0.857 bits per heavy atom. The number of methoxy groups -OCH3 is 1. The molecule has 0 heterocycles. The zero-order chi connectivity index (χ0) is 48.6. The maximum Gasteiger partial charge on any atom is 0.193 e. The van der Waals surface area contributed by atoms with Gasteiger partial charge < -0.3 is 14.2 Å². The topological polar surface area (TPSA) is 61.8 Å². The first-order valence-corrected chi connectivity index (χ1v) is 22.5. The number of ether oxygens (including phenoxy) is 3. The molecular weight excluding hydrogens is 889 g/mol. The van der Waals surface area contributed by atoms with Crippen LogP contribution in [0.15, 0.2) is 200 Å². The fourth-order valence-corrected chi connectivity index (χ4v) is 8.27. The van der Waals surface area contributed by atoms with Gasteiger partial charge in [-0.2, -0.15) is 0 Å². The van der Waals surface area contributed by atoms with Gasteiger partial charge in [-0.15, -0.1) is 0 Å². The predicted molar refractivity (Wildman–Crippen MR) is 263 cm³/mol. The Morgan fingerprint density at radius 1 is 0.300 bits per heavy atom. The second-order valence-corrected chi connectivity index (χ2v) is 17.0. The molecule has 346 valence electrons. The molecular formula is C61H44F4O5. The van der Waals surface area contributed by atoms with Gasteiger partial charge in [0.15, 0.2) is 11.6 Å². The van der Waals surface area contributed by atoms with Crippen LogP contribution in [0, 0.1) is 23.3 Å². The zero-order valence-electron chi connectivity index (χ0n) is 37.9. The van der Waals surface area contributed by atoms with Gasteiger partial charge in [0.1, 0.15) is 52.0 Å². The van der Waals surface area contributed by atoms with Crippen LogP contribution in [0.5, 0.6) is 28.7 Å². The highest BCUT2D eigenvalue weighted by Gasteiger charge is 2.18. The molecule has 9 aromatic carbocycles. The molecule has 0 saturated heterocycles. The van der Waals surface area contributed by atoms with E-state index in [1.165, 1.54) is 55.6 Å². The average molecular weight is 933 g/mol. The Kier molecular flexibility index (Phi) is 14.1. The quantitative estimate of drug-likeness (QED) is 0.0672. The van der Waals surface area contributed by atoms with E-state index in [-0.39, 0.29) is 46.0 Å². The highest BCUT2D eigenvalue weighted by atomic mass is 19.1. The van der Waals surface area contributed by atoms with Gasteiger partial charge in [0.05, 0.1) is 7.11 Å². The summed E-state index contributed by atoms with van der Waals surface area (Å²) in [7, 11) is 1.47. The highest BCUT2D eigenvalue weighted by Crippen LogP contribution is 2.31. The first-order valence-electron chi connectivity index (χ1n) is 22.5. The van der Waals surface area contributed by atoms with Crippen molar-refractivity contribution in [2.24, 2.45) is 0 Å². The van der Waals surface area contributed by atoms with Gasteiger partial charge >= 0.3 is 0 Å². The molecule has 0 N–H and O–H groups in total. The number of halogens is 4. The van der Waals surface area contributed by atoms with Crippen LogP contribution in [0.25, 0.3) is 0 Å². The summed E-state index contributed by atoms with van der Waals surface area (Å²) in [5, 5.41) is 0. The van der Waals surface area contributed by atoms with Crippen LogP contribution in [0.3, 0.4) is 0 Å². The van der Waals surface area contributed by atoms with E-state index in [1.54, 1.807) is 115 Å². The molecule has 0 radical (unpaired) electrons. The van der Waals surface area contributed by atoms with E-state index in [9.17, 15) is 27.2 Å². The second-order valence-electron chi connectivity index (χ2n) is 17.0. The second kappa shape index (κ2) is 21.2. The third kappa shape index (κ3) is 12.1. The minimum atomic E-state index is -0.327. The van der Waals surface area contributed by atoms with E-state index in [1.807, 2.05) is 36.4 Å². The largest absolute Gasteiger partial charge is 0.497 e. The van der Waals surface area contributed by atoms with E-state index >= 15 is 0 Å². The molecule has 0 atom stereocenters. The normalized spacial score (nSPS) is 11.0. The summed E-state index contributed by atoms with van der Waals surface area (Å²) >= 11 is 0. The SMILES string of the molecule is COc1cc(C(=O)c2ccc(Oc3cc(Cc4ccc(F)cc4)cc(Cc4ccc(F)cc4)c3)cc2)cc(C(=O)c2ccc(Oc3cc(Cc4ccc(F)cc4)cc(Cc4ccc(F)cc4)c3)cc2)c1. The predicted octanol–water partition coefficient (Wildman–Crippen LogP) is 14.7. The van der Waals surface area contributed by atoms with Crippen molar-refractivity contribution in [1.82, 2.24) is 0 Å². The molecule has 9 heteroatoms. The summed E-state index contributed by atoms with van der Waals surface area (Å²) in [6.07, 6.45) is 2.13. The maximum atomic E-state index is 14.0. The molecule has 9 rings (SSSR count). The molecule has 0 aliphatic heterocycles. The third-order valence-corrected chi connectivity index (χ3v) is 11.7. The van der Waals surface area contributed by atoms with E-state index in [0.717, 1.165) is 44.5 Å². The Morgan fingerprint density at radius 2 is 0.586 bits per heavy atom. The molecule has 0 aromatic heterocycles. The summed E-state index contributed by atoms with van der Waals surface area (Å²) in [5.74, 6) is 0.524. The summed E-state index contributed by atoms with van der Waals surface area (Å²) < 4.78 is 72.8. The number of hydrogen-bond acceptors (Lipinski definition) is 5. The molecule has 0 unspecified atom stereocenters. The van der Waals surface area contributed by atoms with Gasteiger partial charge in [-0.05, 0) is 210 Å². The molecule has 9 aromatic rings. The van der Waals surface area contributed by atoms with Gasteiger partial charge in [0.25, 0.3) is 0 Å². The Bertz CT molecular complexity index is 2930. The zero-order valence-corrected chi connectivity index (χ0v) is 37.9. The lowest BCUT2D eigenvalue weighted by Crippen LogP contribution is -2.07. The molecule has 0 amide bonds. The smallest absolute Gasteiger partial charge is 0.193 e. The first kappa shape index (κ1) is 46.5. The molecule has 0 saturated carbocycles. The minimum Gasteiger partial charge on any atom is -0.497 e. The maximum absolute atomic E-state index is 14.0. The third-order valence-electron chi connectivity index (χ3n) is 11.7. The van der Waals surface area contributed by atoms with Crippen molar-refractivity contribution in [3.63, 3.8) is 0 Å². The monoisotopic (exact) mass is 932 g/mol. The molecule has 0 bridgehead atoms. The lowest BCUT2D eigenvalue weighted by atomic mass is 9.97. The van der Waals surface area contributed by atoms with Gasteiger partial charge in [-0.25, -0.2) is 17.6 Å². The van der Waals surface area contributed by atoms with Gasteiger partial charge in [0, 0.05) is 22.3 Å². The van der Waals surface area contributed by atoms with Crippen LogP contribution in [-0.4, -0.2) is 18.7 Å². The summed E-state index contributed by atoms with van der Waals surface area (Å²) in [4.78, 5) is 27.9. The van der Waals surface area contributed by atoms with Crippen molar-refractivity contribution >= 4 is 11.6 Å². The molecule has 0 spiro atoms. The molecule has 0 aliphatic carbocycles. The average Bonchev–Trinajstić information content (AvgIpc) is 3.36. The lowest BCUT2D eigenvalue weighted by molar-refractivity contribution is 0.103. The molecule has 70 heavy (non-hydrogen) atoms. The van der Waals surface area contributed by atoms with Crippen molar-refractivity contribution in [2.75, 3.05) is 7.11 Å². The van der Waals surface area contributed by atoms with Crippen LogP contribution in [0.4, 0.5) is 17.6 Å². The molecule has 0 fully saturated rings. The Hall–Kier alpha value is -8.56. The molecule has 5 nitrogen and oxygen atoms in total. The number of hydrogen-bond donors (Lipinski definition) is 0. The number of rotatable bonds is 17. The van der Waals surface area contributed by atoms with E-state index in [0.29, 0.717) is 65.6 Å². The lowest BCUT2D eigenvalue weighted by Gasteiger charge is -2.13. The number of benzene rings is 9. The molecule has 0 aliphatic rings. The first-order chi connectivity index (χ1) is 34.0. The van der Waals surface area contributed by atoms with E-state index < -0.39 is 0 Å². The minimum absolute atomic E-state index is 0.257. The van der Waals surface area contributed by atoms with Crippen LogP contribution in [-0.2, 0) is 25.7 Å². The van der Waals surface area contributed by atoms with Crippen molar-refractivity contribution in [1.29, 1.82) is 0 Å². The van der Waals surface area contributed by atoms with Crippen molar-refractivity contribution in [3.8, 4) is 28.7 Å². The standard InChI is InChI=1S/C61H44F4O5/c1-68-57-37-49(60(66)47-10-22-55(23-11-47)69-58-32-43(26-39-2-14-51(62)15-3-39)30-44(33-58)27-40-4-16-52(63)17-5-40)36-50(38-57)61(67)48-12-24-56(25-13-48)70-59-34-45(28-41-6-18-53(64)19-7-41)31-46(35-59)29-42-8-20-54(65)21-9-42/h2-25,30-38H,26-29H2,1H3. The number of ketones is 2. The summed E-state index contributed by atoms with van der Waals surface area (Å²) in [6.45, 7) is 0. The summed E-state index contributed by atoms with van der Waals surface area (Å²) in [6, 6.07) is 55.2. The van der Waals surface area contributed by atoms with Gasteiger partial charge in [-0.3, -0.25) is 9.59 Å². The van der Waals surface area contributed by atoms with E-state index in [4.69, 9.17) is 14.2 Å². The van der Waals surface area contributed by atoms with Crippen LogP contribution in [0.2, 0.25) is 0 Å². The highest BCUT2D eigenvalue weighted by molar-refractivity contribution is 6.13. The summed E-state index contributed by atoms with van der Waals surface area (Å²) in [5.41, 5.74) is 8.71. The Balaban J connectivity index is 0.900. The fraction of sp³-hybridized carbons (Fsp3) is 0.0820.